The lowest BCUT2D eigenvalue weighted by molar-refractivity contribution is -0.128. The van der Waals surface area contributed by atoms with Crippen molar-refractivity contribution in [3.05, 3.63) is 58.1 Å². The second-order valence-electron chi connectivity index (χ2n) is 6.40. The number of rotatable bonds is 6. The summed E-state index contributed by atoms with van der Waals surface area (Å²) in [6, 6.07) is 12.2. The molecule has 1 heterocycles. The molecule has 0 aromatic heterocycles. The number of benzene rings is 2. The van der Waals surface area contributed by atoms with Crippen molar-refractivity contribution in [1.29, 1.82) is 0 Å². The molecule has 0 atom stereocenters. The van der Waals surface area contributed by atoms with Crippen LogP contribution in [0, 0.1) is 6.92 Å². The summed E-state index contributed by atoms with van der Waals surface area (Å²) in [7, 11) is 0. The van der Waals surface area contributed by atoms with E-state index >= 15 is 0 Å². The van der Waals surface area contributed by atoms with Gasteiger partial charge in [-0.25, -0.2) is 0 Å². The van der Waals surface area contributed by atoms with E-state index in [9.17, 15) is 9.59 Å². The van der Waals surface area contributed by atoms with Crippen LogP contribution in [0.3, 0.4) is 0 Å². The molecule has 2 aromatic rings. The number of carbonyl (C=O) groups excluding carboxylic acids is 2. The average molecular weight is 407 g/mol. The minimum atomic E-state index is -0.260. The summed E-state index contributed by atoms with van der Waals surface area (Å²) >= 11 is 12.1. The number of halogens is 2. The molecule has 0 bridgehead atoms. The third-order valence-electron chi connectivity index (χ3n) is 4.43. The second kappa shape index (κ2) is 8.63. The number of carbonyl (C=O) groups is 2. The number of anilines is 1. The molecule has 1 aliphatic rings. The summed E-state index contributed by atoms with van der Waals surface area (Å²) in [5.74, 6) is 0.334. The maximum absolute atomic E-state index is 12.9. The van der Waals surface area contributed by atoms with Gasteiger partial charge in [0.25, 0.3) is 5.91 Å². The normalized spacial score (nSPS) is 13.7. The molecule has 7 heteroatoms. The molecule has 1 fully saturated rings. The smallest absolute Gasteiger partial charge is 0.266 e. The summed E-state index contributed by atoms with van der Waals surface area (Å²) in [4.78, 5) is 28.1. The van der Waals surface area contributed by atoms with Gasteiger partial charge >= 0.3 is 0 Å². The molecule has 1 aliphatic heterocycles. The highest BCUT2D eigenvalue weighted by Crippen LogP contribution is 2.25. The Hall–Kier alpha value is -2.24. The summed E-state index contributed by atoms with van der Waals surface area (Å²) in [6.07, 6.45) is 1.31. The van der Waals surface area contributed by atoms with Crippen molar-refractivity contribution in [1.82, 2.24) is 4.90 Å². The Balaban J connectivity index is 1.77. The lowest BCUT2D eigenvalue weighted by Gasteiger charge is -2.28. The van der Waals surface area contributed by atoms with Crippen LogP contribution in [0.25, 0.3) is 0 Å². The molecule has 3 rings (SSSR count). The van der Waals surface area contributed by atoms with Crippen molar-refractivity contribution in [3.63, 3.8) is 0 Å². The predicted molar refractivity (Wildman–Crippen MR) is 106 cm³/mol. The minimum absolute atomic E-state index is 0.0460. The van der Waals surface area contributed by atoms with Gasteiger partial charge in [-0.1, -0.05) is 29.3 Å². The largest absolute Gasteiger partial charge is 0.484 e. The average Bonchev–Trinajstić information content (AvgIpc) is 3.06. The third-order valence-corrected chi connectivity index (χ3v) is 5.09. The monoisotopic (exact) mass is 406 g/mol. The summed E-state index contributed by atoms with van der Waals surface area (Å²) < 4.78 is 5.58. The van der Waals surface area contributed by atoms with Gasteiger partial charge in [-0.05, 0) is 55.3 Å². The maximum atomic E-state index is 12.9. The zero-order chi connectivity index (χ0) is 19.4. The summed E-state index contributed by atoms with van der Waals surface area (Å²) in [5, 5.41) is 1.16. The van der Waals surface area contributed by atoms with Crippen LogP contribution < -0.4 is 9.64 Å². The van der Waals surface area contributed by atoms with Crippen LogP contribution in [0.15, 0.2) is 42.5 Å². The van der Waals surface area contributed by atoms with Crippen LogP contribution in [0.4, 0.5) is 5.69 Å². The van der Waals surface area contributed by atoms with Gasteiger partial charge in [-0.3, -0.25) is 14.5 Å². The fourth-order valence-electron chi connectivity index (χ4n) is 2.83. The van der Waals surface area contributed by atoms with Crippen molar-refractivity contribution in [3.8, 4) is 5.75 Å². The fraction of sp³-hybridized carbons (Fsp3) is 0.300. The van der Waals surface area contributed by atoms with Crippen LogP contribution >= 0.6 is 23.2 Å². The molecule has 5 nitrogen and oxygen atoms in total. The van der Waals surface area contributed by atoms with Gasteiger partial charge in [-0.2, -0.15) is 0 Å². The molecule has 27 heavy (non-hydrogen) atoms. The molecule has 0 N–H and O–H groups in total. The van der Waals surface area contributed by atoms with Crippen molar-refractivity contribution >= 4 is 40.7 Å². The molecule has 0 aliphatic carbocycles. The van der Waals surface area contributed by atoms with Gasteiger partial charge in [0.05, 0.1) is 0 Å². The van der Waals surface area contributed by atoms with Crippen molar-refractivity contribution in [2.75, 3.05) is 24.7 Å². The number of amides is 2. The first-order chi connectivity index (χ1) is 12.9. The van der Waals surface area contributed by atoms with Gasteiger partial charge < -0.3 is 9.64 Å². The Morgan fingerprint density at radius 1 is 1.19 bits per heavy atom. The minimum Gasteiger partial charge on any atom is -0.484 e. The van der Waals surface area contributed by atoms with Gasteiger partial charge in [0.15, 0.2) is 6.61 Å². The Labute approximate surface area is 168 Å². The Bertz CT molecular complexity index is 840. The molecule has 0 unspecified atom stereocenters. The summed E-state index contributed by atoms with van der Waals surface area (Å²) in [6.45, 7) is 2.56. The van der Waals surface area contributed by atoms with E-state index in [1.807, 2.05) is 19.1 Å². The molecule has 2 aromatic carbocycles. The van der Waals surface area contributed by atoms with Gasteiger partial charge in [0.2, 0.25) is 5.91 Å². The van der Waals surface area contributed by atoms with Crippen molar-refractivity contribution < 1.29 is 14.3 Å². The number of likely N-dealkylation sites (tertiary alicyclic amines) is 1. The predicted octanol–water partition coefficient (Wildman–Crippen LogP) is 4.29. The van der Waals surface area contributed by atoms with E-state index in [0.29, 0.717) is 34.4 Å². The number of hydrogen-bond acceptors (Lipinski definition) is 3. The van der Waals surface area contributed by atoms with E-state index in [2.05, 4.69) is 0 Å². The number of aryl methyl sites for hydroxylation is 1. The molecule has 142 valence electrons. The zero-order valence-corrected chi connectivity index (χ0v) is 16.5. The quantitative estimate of drug-likeness (QED) is 0.718. The van der Waals surface area contributed by atoms with E-state index in [4.69, 9.17) is 27.9 Å². The molecular weight excluding hydrogens is 387 g/mol. The van der Waals surface area contributed by atoms with E-state index in [1.54, 1.807) is 35.2 Å². The van der Waals surface area contributed by atoms with Crippen molar-refractivity contribution in [2.24, 2.45) is 0 Å². The van der Waals surface area contributed by atoms with Gasteiger partial charge in [0, 0.05) is 28.7 Å². The van der Waals surface area contributed by atoms with E-state index < -0.39 is 0 Å². The highest BCUT2D eigenvalue weighted by atomic mass is 35.5. The topological polar surface area (TPSA) is 49.9 Å². The highest BCUT2D eigenvalue weighted by Gasteiger charge is 2.26. The standard InChI is InChI=1S/C20H20Cl2N2O3/c1-14-4-7-16(11-18(14)22)24(13-23-10-2-3-19(23)25)20(26)12-27-17-8-5-15(21)6-9-17/h4-9,11H,2-3,10,12-13H2,1H3. The Morgan fingerprint density at radius 2 is 1.93 bits per heavy atom. The van der Waals surface area contributed by atoms with Crippen LogP contribution in [0.5, 0.6) is 5.75 Å². The number of hydrogen-bond donors (Lipinski definition) is 0. The van der Waals surface area contributed by atoms with Crippen LogP contribution in [0.2, 0.25) is 10.0 Å². The van der Waals surface area contributed by atoms with E-state index in [0.717, 1.165) is 12.0 Å². The lowest BCUT2D eigenvalue weighted by atomic mass is 10.2. The van der Waals surface area contributed by atoms with Crippen LogP contribution in [0.1, 0.15) is 18.4 Å². The second-order valence-corrected chi connectivity index (χ2v) is 7.24. The molecule has 1 saturated heterocycles. The first-order valence-electron chi connectivity index (χ1n) is 8.67. The molecule has 0 saturated carbocycles. The first kappa shape index (κ1) is 19.5. The Morgan fingerprint density at radius 3 is 2.56 bits per heavy atom. The van der Waals surface area contributed by atoms with E-state index in [1.165, 1.54) is 4.90 Å². The number of nitrogens with zero attached hydrogens (tertiary/aromatic N) is 2. The lowest BCUT2D eigenvalue weighted by Crippen LogP contribution is -2.44. The van der Waals surface area contributed by atoms with Crippen molar-refractivity contribution in [2.45, 2.75) is 19.8 Å². The molecule has 0 spiro atoms. The molecular formula is C20H20Cl2N2O3. The maximum Gasteiger partial charge on any atom is 0.266 e. The summed E-state index contributed by atoms with van der Waals surface area (Å²) in [5.41, 5.74) is 1.55. The van der Waals surface area contributed by atoms with Gasteiger partial charge in [0.1, 0.15) is 12.4 Å². The van der Waals surface area contributed by atoms with E-state index in [-0.39, 0.29) is 25.1 Å². The van der Waals surface area contributed by atoms with Crippen LogP contribution in [-0.4, -0.2) is 36.5 Å². The first-order valence-corrected chi connectivity index (χ1v) is 9.42. The Kier molecular flexibility index (Phi) is 6.24. The van der Waals surface area contributed by atoms with Gasteiger partial charge in [-0.15, -0.1) is 0 Å². The molecule has 0 radical (unpaired) electrons. The fourth-order valence-corrected chi connectivity index (χ4v) is 3.13. The number of ether oxygens (including phenoxy) is 1. The van der Waals surface area contributed by atoms with Crippen LogP contribution in [-0.2, 0) is 9.59 Å². The zero-order valence-electron chi connectivity index (χ0n) is 15.0. The third kappa shape index (κ3) is 4.93. The molecule has 2 amide bonds. The SMILES string of the molecule is Cc1ccc(N(CN2CCCC2=O)C(=O)COc2ccc(Cl)cc2)cc1Cl. The highest BCUT2D eigenvalue weighted by molar-refractivity contribution is 6.31.